The number of hydrogen-bond acceptors (Lipinski definition) is 5. The van der Waals surface area contributed by atoms with Crippen LogP contribution >= 0.6 is 11.8 Å². The Morgan fingerprint density at radius 2 is 1.90 bits per heavy atom. The highest BCUT2D eigenvalue weighted by atomic mass is 32.2. The van der Waals surface area contributed by atoms with Gasteiger partial charge < -0.3 is 14.6 Å². The van der Waals surface area contributed by atoms with Crippen molar-refractivity contribution in [2.45, 2.75) is 83.6 Å². The summed E-state index contributed by atoms with van der Waals surface area (Å²) in [5.74, 6) is 2.05. The van der Waals surface area contributed by atoms with Crippen LogP contribution in [0.15, 0.2) is 23.4 Å². The van der Waals surface area contributed by atoms with Gasteiger partial charge in [0.15, 0.2) is 17.1 Å². The van der Waals surface area contributed by atoms with Crippen molar-refractivity contribution < 1.29 is 9.53 Å². The molecule has 6 nitrogen and oxygen atoms in total. The zero-order valence-corrected chi connectivity index (χ0v) is 18.7. The van der Waals surface area contributed by atoms with E-state index in [9.17, 15) is 4.79 Å². The highest BCUT2D eigenvalue weighted by molar-refractivity contribution is 7.99. The van der Waals surface area contributed by atoms with Crippen LogP contribution in [-0.2, 0) is 11.3 Å². The second-order valence-corrected chi connectivity index (χ2v) is 8.80. The second kappa shape index (κ2) is 10.1. The maximum absolute atomic E-state index is 12.3. The SMILES string of the molecule is CCn1c(SCC(=O)NC2CCCCC2)nnc1C(C)Oc1cc(C)cc(C)c1. The normalized spacial score (nSPS) is 15.9. The van der Waals surface area contributed by atoms with Crippen LogP contribution in [0.1, 0.15) is 69.0 Å². The first-order valence-electron chi connectivity index (χ1n) is 10.6. The minimum absolute atomic E-state index is 0.0774. The third-order valence-corrected chi connectivity index (χ3v) is 6.20. The van der Waals surface area contributed by atoms with Gasteiger partial charge >= 0.3 is 0 Å². The number of thioether (sulfide) groups is 1. The molecule has 3 rings (SSSR count). The predicted octanol–water partition coefficient (Wildman–Crippen LogP) is 4.60. The largest absolute Gasteiger partial charge is 0.483 e. The van der Waals surface area contributed by atoms with Crippen LogP contribution in [0.3, 0.4) is 0 Å². The number of amides is 1. The van der Waals surface area contributed by atoms with E-state index in [0.29, 0.717) is 11.8 Å². The second-order valence-electron chi connectivity index (χ2n) is 7.86. The summed E-state index contributed by atoms with van der Waals surface area (Å²) in [5.41, 5.74) is 2.34. The van der Waals surface area contributed by atoms with Crippen LogP contribution in [0.5, 0.6) is 5.75 Å². The van der Waals surface area contributed by atoms with E-state index in [2.05, 4.69) is 42.4 Å². The Balaban J connectivity index is 1.60. The third-order valence-electron chi connectivity index (χ3n) is 5.24. The lowest BCUT2D eigenvalue weighted by atomic mass is 9.95. The topological polar surface area (TPSA) is 69.0 Å². The van der Waals surface area contributed by atoms with Gasteiger partial charge in [0.2, 0.25) is 5.91 Å². The van der Waals surface area contributed by atoms with Crippen molar-refractivity contribution in [1.29, 1.82) is 0 Å². The average Bonchev–Trinajstić information content (AvgIpc) is 3.09. The Morgan fingerprint density at radius 3 is 2.55 bits per heavy atom. The van der Waals surface area contributed by atoms with Crippen LogP contribution in [0.2, 0.25) is 0 Å². The van der Waals surface area contributed by atoms with Gasteiger partial charge in [-0.05, 0) is 63.8 Å². The number of aromatic nitrogens is 3. The van der Waals surface area contributed by atoms with E-state index in [4.69, 9.17) is 4.74 Å². The summed E-state index contributed by atoms with van der Waals surface area (Å²) in [6, 6.07) is 6.52. The number of carbonyl (C=O) groups is 1. The molecule has 0 spiro atoms. The predicted molar refractivity (Wildman–Crippen MR) is 116 cm³/mol. The van der Waals surface area contributed by atoms with Crippen LogP contribution < -0.4 is 10.1 Å². The van der Waals surface area contributed by atoms with Gasteiger partial charge in [0, 0.05) is 12.6 Å². The van der Waals surface area contributed by atoms with Gasteiger partial charge in [0.1, 0.15) is 5.75 Å². The van der Waals surface area contributed by atoms with Gasteiger partial charge in [-0.25, -0.2) is 0 Å². The number of ether oxygens (including phenoxy) is 1. The molecule has 1 aliphatic carbocycles. The summed E-state index contributed by atoms with van der Waals surface area (Å²) in [6.07, 6.45) is 5.67. The summed E-state index contributed by atoms with van der Waals surface area (Å²) in [4.78, 5) is 12.3. The molecule has 1 saturated carbocycles. The number of rotatable bonds is 8. The monoisotopic (exact) mass is 416 g/mol. The first-order valence-corrected chi connectivity index (χ1v) is 11.5. The summed E-state index contributed by atoms with van der Waals surface area (Å²) < 4.78 is 8.17. The van der Waals surface area contributed by atoms with Gasteiger partial charge in [0.25, 0.3) is 0 Å². The number of nitrogens with zero attached hydrogens (tertiary/aromatic N) is 3. The maximum Gasteiger partial charge on any atom is 0.230 e. The Hall–Kier alpha value is -2.02. The molecule has 0 radical (unpaired) electrons. The Kier molecular flexibility index (Phi) is 7.58. The Bertz CT molecular complexity index is 810. The number of carbonyl (C=O) groups excluding carboxylic acids is 1. The van der Waals surface area contributed by atoms with Gasteiger partial charge in [-0.15, -0.1) is 10.2 Å². The molecule has 0 saturated heterocycles. The molecule has 0 bridgehead atoms. The molecular formula is C22H32N4O2S. The Labute approximate surface area is 177 Å². The van der Waals surface area contributed by atoms with E-state index >= 15 is 0 Å². The van der Waals surface area contributed by atoms with E-state index in [0.717, 1.165) is 36.1 Å². The molecule has 1 N–H and O–H groups in total. The lowest BCUT2D eigenvalue weighted by Gasteiger charge is -2.22. The number of nitrogens with one attached hydrogen (secondary N) is 1. The zero-order valence-electron chi connectivity index (χ0n) is 17.9. The highest BCUT2D eigenvalue weighted by Gasteiger charge is 2.21. The maximum atomic E-state index is 12.3. The summed E-state index contributed by atoms with van der Waals surface area (Å²) in [7, 11) is 0. The van der Waals surface area contributed by atoms with Crippen molar-refractivity contribution in [3.63, 3.8) is 0 Å². The minimum atomic E-state index is -0.228. The molecule has 1 amide bonds. The third kappa shape index (κ3) is 5.98. The summed E-state index contributed by atoms with van der Waals surface area (Å²) >= 11 is 1.44. The molecule has 1 heterocycles. The number of hydrogen-bond donors (Lipinski definition) is 1. The molecule has 1 fully saturated rings. The van der Waals surface area contributed by atoms with Gasteiger partial charge in [-0.3, -0.25) is 4.79 Å². The Morgan fingerprint density at radius 1 is 1.21 bits per heavy atom. The molecular weight excluding hydrogens is 384 g/mol. The molecule has 1 atom stereocenters. The van der Waals surface area contributed by atoms with Crippen LogP contribution in [0, 0.1) is 13.8 Å². The molecule has 1 aromatic carbocycles. The molecule has 0 aliphatic heterocycles. The lowest BCUT2D eigenvalue weighted by molar-refractivity contribution is -0.119. The quantitative estimate of drug-likeness (QED) is 0.637. The fourth-order valence-corrected chi connectivity index (χ4v) is 4.73. The first kappa shape index (κ1) is 21.7. The fourth-order valence-electron chi connectivity index (χ4n) is 3.91. The van der Waals surface area contributed by atoms with Crippen LogP contribution in [0.4, 0.5) is 0 Å². The van der Waals surface area contributed by atoms with Gasteiger partial charge in [-0.1, -0.05) is 37.1 Å². The van der Waals surface area contributed by atoms with E-state index in [1.54, 1.807) is 0 Å². The average molecular weight is 417 g/mol. The summed E-state index contributed by atoms with van der Waals surface area (Å²) in [5, 5.41) is 12.6. The van der Waals surface area contributed by atoms with E-state index < -0.39 is 0 Å². The molecule has 1 unspecified atom stereocenters. The molecule has 2 aromatic rings. The minimum Gasteiger partial charge on any atom is -0.483 e. The molecule has 7 heteroatoms. The number of aryl methyl sites for hydroxylation is 2. The van der Waals surface area contributed by atoms with Crippen molar-refractivity contribution in [2.24, 2.45) is 0 Å². The molecule has 29 heavy (non-hydrogen) atoms. The van der Waals surface area contributed by atoms with E-state index in [-0.39, 0.29) is 12.0 Å². The van der Waals surface area contributed by atoms with Crippen molar-refractivity contribution in [2.75, 3.05) is 5.75 Å². The molecule has 158 valence electrons. The summed E-state index contributed by atoms with van der Waals surface area (Å²) in [6.45, 7) is 8.90. The van der Waals surface area contributed by atoms with Crippen molar-refractivity contribution >= 4 is 17.7 Å². The standard InChI is InChI=1S/C22H32N4O2S/c1-5-26-21(17(4)28-19-12-15(2)11-16(3)13-19)24-25-22(26)29-14-20(27)23-18-9-7-6-8-10-18/h11-13,17-18H,5-10,14H2,1-4H3,(H,23,27). The molecule has 1 aromatic heterocycles. The van der Waals surface area contributed by atoms with Gasteiger partial charge in [-0.2, -0.15) is 0 Å². The molecule has 1 aliphatic rings. The highest BCUT2D eigenvalue weighted by Crippen LogP contribution is 2.26. The van der Waals surface area contributed by atoms with Gasteiger partial charge in [0.05, 0.1) is 5.75 Å². The lowest BCUT2D eigenvalue weighted by Crippen LogP contribution is -2.37. The first-order chi connectivity index (χ1) is 14.0. The van der Waals surface area contributed by atoms with Crippen molar-refractivity contribution in [1.82, 2.24) is 20.1 Å². The van der Waals surface area contributed by atoms with Crippen molar-refractivity contribution in [3.8, 4) is 5.75 Å². The van der Waals surface area contributed by atoms with Crippen LogP contribution in [0.25, 0.3) is 0 Å². The smallest absolute Gasteiger partial charge is 0.230 e. The van der Waals surface area contributed by atoms with E-state index in [1.807, 2.05) is 23.6 Å². The zero-order chi connectivity index (χ0) is 20.8. The number of benzene rings is 1. The van der Waals surface area contributed by atoms with Crippen molar-refractivity contribution in [3.05, 3.63) is 35.2 Å². The van der Waals surface area contributed by atoms with E-state index in [1.165, 1.54) is 42.2 Å². The fraction of sp³-hybridized carbons (Fsp3) is 0.591. The van der Waals surface area contributed by atoms with Crippen LogP contribution in [-0.4, -0.2) is 32.5 Å².